The summed E-state index contributed by atoms with van der Waals surface area (Å²) in [6.07, 6.45) is -5.60. The first-order valence-corrected chi connectivity index (χ1v) is 10.7. The number of alkyl halides is 3. The van der Waals surface area contributed by atoms with Gasteiger partial charge in [0.1, 0.15) is 6.61 Å². The number of halogens is 3. The van der Waals surface area contributed by atoms with Crippen LogP contribution < -0.4 is 5.32 Å². The normalized spacial score (nSPS) is 12.7. The zero-order valence-electron chi connectivity index (χ0n) is 16.0. The molecular formula is C22H18F3NO4S. The van der Waals surface area contributed by atoms with Gasteiger partial charge in [-0.3, -0.25) is 0 Å². The molecule has 1 amide bonds. The van der Waals surface area contributed by atoms with Crippen molar-refractivity contribution < 1.29 is 31.1 Å². The maximum atomic E-state index is 13.1. The highest BCUT2D eigenvalue weighted by molar-refractivity contribution is 7.91. The minimum Gasteiger partial charge on any atom is -0.445 e. The van der Waals surface area contributed by atoms with Crippen LogP contribution in [0.1, 0.15) is 22.1 Å². The van der Waals surface area contributed by atoms with Crippen LogP contribution in [-0.4, -0.2) is 14.5 Å². The van der Waals surface area contributed by atoms with Crippen LogP contribution in [0.15, 0.2) is 89.8 Å². The van der Waals surface area contributed by atoms with E-state index in [1.165, 1.54) is 24.3 Å². The Hall–Kier alpha value is -3.33. The fourth-order valence-corrected chi connectivity index (χ4v) is 4.38. The molecule has 5 nitrogen and oxygen atoms in total. The topological polar surface area (TPSA) is 72.5 Å². The van der Waals surface area contributed by atoms with E-state index in [0.29, 0.717) is 5.56 Å². The minimum absolute atomic E-state index is 0.0338. The largest absolute Gasteiger partial charge is 0.445 e. The number of hydrogen-bond acceptors (Lipinski definition) is 4. The molecule has 0 aliphatic carbocycles. The molecule has 9 heteroatoms. The molecule has 162 valence electrons. The number of amides is 1. The highest BCUT2D eigenvalue weighted by Gasteiger charge is 2.34. The Morgan fingerprint density at radius 1 is 0.871 bits per heavy atom. The number of carbonyl (C=O) groups excluding carboxylic acids is 1. The van der Waals surface area contributed by atoms with Crippen molar-refractivity contribution in [1.29, 1.82) is 0 Å². The molecule has 0 aliphatic rings. The van der Waals surface area contributed by atoms with E-state index in [0.717, 1.165) is 24.3 Å². The lowest BCUT2D eigenvalue weighted by molar-refractivity contribution is -0.137. The van der Waals surface area contributed by atoms with Crippen LogP contribution in [-0.2, 0) is 27.4 Å². The summed E-state index contributed by atoms with van der Waals surface area (Å²) in [4.78, 5) is 12.2. The lowest BCUT2D eigenvalue weighted by Gasteiger charge is -2.20. The average molecular weight is 449 g/mol. The first-order chi connectivity index (χ1) is 14.7. The fourth-order valence-electron chi connectivity index (χ4n) is 2.81. The number of hydrogen-bond donors (Lipinski definition) is 1. The van der Waals surface area contributed by atoms with Gasteiger partial charge in [0.25, 0.3) is 0 Å². The van der Waals surface area contributed by atoms with Gasteiger partial charge in [-0.2, -0.15) is 13.2 Å². The molecular weight excluding hydrogens is 431 g/mol. The number of benzene rings is 3. The number of ether oxygens (including phenoxy) is 1. The van der Waals surface area contributed by atoms with E-state index in [1.807, 2.05) is 0 Å². The van der Waals surface area contributed by atoms with Crippen molar-refractivity contribution in [3.8, 4) is 0 Å². The molecule has 0 saturated heterocycles. The Balaban J connectivity index is 1.88. The van der Waals surface area contributed by atoms with Crippen molar-refractivity contribution in [2.45, 2.75) is 23.1 Å². The third kappa shape index (κ3) is 5.64. The second kappa shape index (κ2) is 9.22. The number of rotatable bonds is 6. The molecule has 1 unspecified atom stereocenters. The summed E-state index contributed by atoms with van der Waals surface area (Å²) in [6, 6.07) is 19.6. The molecule has 31 heavy (non-hydrogen) atoms. The van der Waals surface area contributed by atoms with Crippen LogP contribution in [0.3, 0.4) is 0 Å². The Morgan fingerprint density at radius 2 is 1.42 bits per heavy atom. The number of carbonyl (C=O) groups is 1. The first kappa shape index (κ1) is 22.4. The van der Waals surface area contributed by atoms with Gasteiger partial charge in [0.15, 0.2) is 5.37 Å². The molecule has 1 atom stereocenters. The molecule has 3 aromatic rings. The lowest BCUT2D eigenvalue weighted by Crippen LogP contribution is -2.34. The van der Waals surface area contributed by atoms with Gasteiger partial charge in [-0.1, -0.05) is 60.7 Å². The number of sulfone groups is 1. The number of nitrogens with one attached hydrogen (secondary N) is 1. The summed E-state index contributed by atoms with van der Waals surface area (Å²) in [5.74, 6) is 0. The fraction of sp³-hybridized carbons (Fsp3) is 0.136. The van der Waals surface area contributed by atoms with Gasteiger partial charge < -0.3 is 10.1 Å². The van der Waals surface area contributed by atoms with Crippen LogP contribution in [0.25, 0.3) is 0 Å². The number of alkyl carbamates (subject to hydrolysis) is 1. The maximum absolute atomic E-state index is 13.1. The summed E-state index contributed by atoms with van der Waals surface area (Å²) in [5.41, 5.74) is -0.276. The summed E-state index contributed by atoms with van der Waals surface area (Å²) >= 11 is 0. The Bertz CT molecular complexity index is 1120. The monoisotopic (exact) mass is 449 g/mol. The molecule has 0 fully saturated rings. The second-order valence-corrected chi connectivity index (χ2v) is 8.60. The van der Waals surface area contributed by atoms with E-state index in [4.69, 9.17) is 4.74 Å². The van der Waals surface area contributed by atoms with Crippen LogP contribution in [0.4, 0.5) is 18.0 Å². The van der Waals surface area contributed by atoms with Gasteiger partial charge in [-0.15, -0.1) is 0 Å². The van der Waals surface area contributed by atoms with Gasteiger partial charge in [0, 0.05) is 0 Å². The lowest BCUT2D eigenvalue weighted by atomic mass is 10.1. The van der Waals surface area contributed by atoms with Crippen LogP contribution in [0.5, 0.6) is 0 Å². The van der Waals surface area contributed by atoms with Gasteiger partial charge in [-0.25, -0.2) is 13.2 Å². The van der Waals surface area contributed by atoms with Crippen molar-refractivity contribution in [3.63, 3.8) is 0 Å². The van der Waals surface area contributed by atoms with Crippen molar-refractivity contribution in [2.75, 3.05) is 0 Å². The minimum atomic E-state index is -4.58. The first-order valence-electron chi connectivity index (χ1n) is 9.11. The SMILES string of the molecule is O=C(NC(c1ccc(C(F)(F)F)cc1)S(=O)(=O)c1ccccc1)OCc1ccccc1. The van der Waals surface area contributed by atoms with E-state index in [2.05, 4.69) is 5.32 Å². The average Bonchev–Trinajstić information content (AvgIpc) is 2.77. The van der Waals surface area contributed by atoms with Crippen molar-refractivity contribution in [3.05, 3.63) is 102 Å². The predicted octanol–water partition coefficient (Wildman–Crippen LogP) is 5.10. The molecule has 0 spiro atoms. The van der Waals surface area contributed by atoms with Crippen LogP contribution >= 0.6 is 0 Å². The highest BCUT2D eigenvalue weighted by Crippen LogP contribution is 2.32. The molecule has 1 N–H and O–H groups in total. The van der Waals surface area contributed by atoms with E-state index in [-0.39, 0.29) is 17.1 Å². The van der Waals surface area contributed by atoms with Gasteiger partial charge >= 0.3 is 12.3 Å². The summed E-state index contributed by atoms with van der Waals surface area (Å²) in [5, 5.41) is 0.632. The molecule has 0 heterocycles. The van der Waals surface area contributed by atoms with E-state index in [9.17, 15) is 26.4 Å². The van der Waals surface area contributed by atoms with Gasteiger partial charge in [0.05, 0.1) is 10.5 Å². The smallest absolute Gasteiger partial charge is 0.416 e. The molecule has 0 bridgehead atoms. The third-order valence-electron chi connectivity index (χ3n) is 4.38. The van der Waals surface area contributed by atoms with Gasteiger partial charge in [-0.05, 0) is 35.4 Å². The zero-order chi connectivity index (χ0) is 22.5. The second-order valence-electron chi connectivity index (χ2n) is 6.56. The van der Waals surface area contributed by atoms with Crippen molar-refractivity contribution >= 4 is 15.9 Å². The maximum Gasteiger partial charge on any atom is 0.416 e. The van der Waals surface area contributed by atoms with E-state index in [1.54, 1.807) is 36.4 Å². The van der Waals surface area contributed by atoms with Gasteiger partial charge in [0.2, 0.25) is 9.84 Å². The van der Waals surface area contributed by atoms with Crippen molar-refractivity contribution in [1.82, 2.24) is 5.32 Å². The molecule has 0 aliphatic heterocycles. The Morgan fingerprint density at radius 3 is 1.97 bits per heavy atom. The summed E-state index contributed by atoms with van der Waals surface area (Å²) < 4.78 is 70.0. The highest BCUT2D eigenvalue weighted by atomic mass is 32.2. The predicted molar refractivity (Wildman–Crippen MR) is 108 cm³/mol. The summed E-state index contributed by atoms with van der Waals surface area (Å²) in [7, 11) is -4.17. The third-order valence-corrected chi connectivity index (χ3v) is 6.32. The molecule has 0 saturated carbocycles. The molecule has 0 radical (unpaired) electrons. The quantitative estimate of drug-likeness (QED) is 0.568. The van der Waals surface area contributed by atoms with E-state index < -0.39 is 33.0 Å². The van der Waals surface area contributed by atoms with E-state index >= 15 is 0 Å². The summed E-state index contributed by atoms with van der Waals surface area (Å²) in [6.45, 7) is -0.0994. The standard InChI is InChI=1S/C22H18F3NO4S/c23-22(24,25)18-13-11-17(12-14-18)20(31(28,29)19-9-5-2-6-10-19)26-21(27)30-15-16-7-3-1-4-8-16/h1-14,20H,15H2,(H,26,27). The van der Waals surface area contributed by atoms with Crippen LogP contribution in [0, 0.1) is 0 Å². The molecule has 0 aromatic heterocycles. The Labute approximate surface area is 177 Å². The zero-order valence-corrected chi connectivity index (χ0v) is 16.9. The molecule has 3 aromatic carbocycles. The van der Waals surface area contributed by atoms with Crippen LogP contribution in [0.2, 0.25) is 0 Å². The molecule has 3 rings (SSSR count). The van der Waals surface area contributed by atoms with Crippen molar-refractivity contribution in [2.24, 2.45) is 0 Å². The Kier molecular flexibility index (Phi) is 6.65.